The molecule has 82 heavy (non-hydrogen) atoms. The van der Waals surface area contributed by atoms with Gasteiger partial charge in [0.1, 0.15) is 41.1 Å². The summed E-state index contributed by atoms with van der Waals surface area (Å²) in [6.07, 6.45) is -0.350. The summed E-state index contributed by atoms with van der Waals surface area (Å²) in [7, 11) is 1.30. The third kappa shape index (κ3) is 12.7. The number of amides is 4. The maximum absolute atomic E-state index is 14.9. The first-order valence-electron chi connectivity index (χ1n) is 25.7. The highest BCUT2D eigenvalue weighted by molar-refractivity contribution is 8.02. The number of aromatic amines is 1. The Hall–Kier alpha value is -8.90. The minimum Gasteiger partial charge on any atom is -0.448 e. The Morgan fingerprint density at radius 3 is 1.95 bits per heavy atom. The van der Waals surface area contributed by atoms with Crippen LogP contribution in [-0.2, 0) is 45.6 Å². The van der Waals surface area contributed by atoms with Crippen molar-refractivity contribution in [1.29, 1.82) is 0 Å². The van der Waals surface area contributed by atoms with E-state index in [0.29, 0.717) is 21.8 Å². The van der Waals surface area contributed by atoms with Gasteiger partial charge in [-0.2, -0.15) is 0 Å². The van der Waals surface area contributed by atoms with Gasteiger partial charge in [-0.1, -0.05) is 169 Å². The monoisotopic (exact) mass is 1160 g/mol. The lowest BCUT2D eigenvalue weighted by atomic mass is 9.77. The summed E-state index contributed by atoms with van der Waals surface area (Å²) in [5.41, 5.74) is 5.96. The van der Waals surface area contributed by atoms with E-state index in [2.05, 4.69) is 26.0 Å². The van der Waals surface area contributed by atoms with Crippen LogP contribution in [0.5, 0.6) is 0 Å². The van der Waals surface area contributed by atoms with Crippen LogP contribution in [0.2, 0.25) is 0 Å². The third-order valence-corrected chi connectivity index (χ3v) is 15.8. The average Bonchev–Trinajstić information content (AvgIpc) is 2.39. The number of thioether (sulfide) groups is 2. The maximum Gasteiger partial charge on any atom is 0.417 e. The fraction of sp³-hybridized carbons (Fsp3) is 0.220. The summed E-state index contributed by atoms with van der Waals surface area (Å²) in [5.74, 6) is -2.90. The molecular formula is C59H56N10O10S3. The maximum atomic E-state index is 14.9. The number of imide groups is 1. The molecule has 420 valence electrons. The zero-order valence-electron chi connectivity index (χ0n) is 44.8. The van der Waals surface area contributed by atoms with Gasteiger partial charge < -0.3 is 30.7 Å². The number of thiazole rings is 1. The van der Waals surface area contributed by atoms with Crippen molar-refractivity contribution in [3.05, 3.63) is 234 Å². The van der Waals surface area contributed by atoms with Gasteiger partial charge in [-0.3, -0.25) is 33.4 Å². The zero-order chi connectivity index (χ0) is 58.0. The topological polar surface area (TPSA) is 263 Å². The lowest BCUT2D eigenvalue weighted by Crippen LogP contribution is -2.71. The van der Waals surface area contributed by atoms with Gasteiger partial charge in [0.05, 0.1) is 13.1 Å². The number of carbonyl (C=O) groups excluding carboxylic acids is 5. The fourth-order valence-corrected chi connectivity index (χ4v) is 12.0. The van der Waals surface area contributed by atoms with Gasteiger partial charge in [0.15, 0.2) is 22.1 Å². The number of β-lactam (4-membered cyclic amide) rings is 1. The number of rotatable bonds is 20. The van der Waals surface area contributed by atoms with E-state index in [1.54, 1.807) is 32.2 Å². The third-order valence-electron chi connectivity index (χ3n) is 13.0. The van der Waals surface area contributed by atoms with E-state index in [9.17, 15) is 33.6 Å². The van der Waals surface area contributed by atoms with Gasteiger partial charge in [0.2, 0.25) is 5.91 Å². The molecule has 2 aliphatic rings. The standard InChI is InChI=1S/C59H56N10O10S3/c1-58(2,3)79-57(76)67(44(70)34-60)31-32-68-52(74)50(72)64-65-56(68)80-33-30-39-35-81-53-46(51(73)69(53)47(39)54(75)78-48(37-20-10-5-11-21-37)38-22-12-6-13-23-38)62-49(71)45(66-77-4)43-36-82-55(61-43)63-59(40-24-14-7-15-25-40,41-26-16-8-17-27-41)42-28-18-9-19-29-42/h5-30,33,36,46,48,53H,31-32,34-35,60H2,1-4H3,(H,61,63)(H,62,71)(H,64,72). The molecule has 7 aromatic rings. The predicted octanol–water partition coefficient (Wildman–Crippen LogP) is 7.16. The van der Waals surface area contributed by atoms with E-state index in [4.69, 9.17) is 25.0 Å². The highest BCUT2D eigenvalue weighted by Crippen LogP contribution is 2.43. The molecule has 0 aliphatic carbocycles. The normalized spacial score (nSPS) is 15.4. The van der Waals surface area contributed by atoms with Crippen LogP contribution in [0.3, 0.4) is 0 Å². The lowest BCUT2D eigenvalue weighted by Gasteiger charge is -2.49. The van der Waals surface area contributed by atoms with E-state index < -0.39 is 82.7 Å². The van der Waals surface area contributed by atoms with Gasteiger partial charge in [-0.15, -0.1) is 28.2 Å². The van der Waals surface area contributed by atoms with Crippen molar-refractivity contribution in [2.75, 3.05) is 31.3 Å². The van der Waals surface area contributed by atoms with Crippen molar-refractivity contribution >= 4 is 75.5 Å². The molecule has 0 spiro atoms. The summed E-state index contributed by atoms with van der Waals surface area (Å²) in [6.45, 7) is 3.56. The molecule has 4 heterocycles. The molecule has 20 nitrogen and oxygen atoms in total. The number of ether oxygens (including phenoxy) is 2. The molecule has 0 bridgehead atoms. The number of anilines is 1. The predicted molar refractivity (Wildman–Crippen MR) is 312 cm³/mol. The number of hydrogen-bond acceptors (Lipinski definition) is 18. The number of H-pyrrole nitrogens is 1. The van der Waals surface area contributed by atoms with Crippen LogP contribution < -0.4 is 27.5 Å². The van der Waals surface area contributed by atoms with Gasteiger partial charge in [-0.25, -0.2) is 24.6 Å². The van der Waals surface area contributed by atoms with Gasteiger partial charge >= 0.3 is 23.2 Å². The number of hydrogen-bond donors (Lipinski definition) is 4. The van der Waals surface area contributed by atoms with Crippen LogP contribution in [0.1, 0.15) is 60.4 Å². The molecule has 23 heteroatoms. The quantitative estimate of drug-likeness (QED) is 0.0112. The number of nitrogens with two attached hydrogens (primary N) is 1. The first kappa shape index (κ1) is 57.8. The van der Waals surface area contributed by atoms with E-state index in [0.717, 1.165) is 37.9 Å². The average molecular weight is 1160 g/mol. The van der Waals surface area contributed by atoms with Gasteiger partial charge in [-0.05, 0) is 65.6 Å². The molecule has 4 amide bonds. The molecular weight excluding hydrogens is 1100 g/mol. The number of esters is 1. The Balaban J connectivity index is 1.000. The first-order valence-corrected chi connectivity index (χ1v) is 28.5. The van der Waals surface area contributed by atoms with Crippen LogP contribution >= 0.6 is 34.9 Å². The summed E-state index contributed by atoms with van der Waals surface area (Å²) in [5, 5.41) is 19.7. The van der Waals surface area contributed by atoms with E-state index >= 15 is 0 Å². The van der Waals surface area contributed by atoms with Gasteiger partial charge in [0.25, 0.3) is 11.8 Å². The number of allylic oxidation sites excluding steroid dienone is 1. The first-order chi connectivity index (χ1) is 39.6. The number of aromatic nitrogens is 4. The van der Waals surface area contributed by atoms with Crippen molar-refractivity contribution in [1.82, 2.24) is 34.9 Å². The highest BCUT2D eigenvalue weighted by Gasteiger charge is 2.55. The Bertz CT molecular complexity index is 3530. The molecule has 1 fully saturated rings. The van der Waals surface area contributed by atoms with Crippen LogP contribution in [0.4, 0.5) is 9.93 Å². The number of fused-ring (bicyclic) bond motifs is 1. The van der Waals surface area contributed by atoms with Crippen molar-refractivity contribution < 1.29 is 38.3 Å². The second-order valence-corrected chi connectivity index (χ2v) is 22.3. The molecule has 5 aromatic carbocycles. The van der Waals surface area contributed by atoms with Crippen LogP contribution in [0.25, 0.3) is 0 Å². The van der Waals surface area contributed by atoms with Crippen LogP contribution in [0.15, 0.2) is 200 Å². The summed E-state index contributed by atoms with van der Waals surface area (Å²) in [4.78, 5) is 108. The second-order valence-electron chi connectivity index (χ2n) is 19.4. The minimum atomic E-state index is -1.15. The molecule has 5 N–H and O–H groups in total. The minimum absolute atomic E-state index is 0.0493. The summed E-state index contributed by atoms with van der Waals surface area (Å²) >= 11 is 3.39. The van der Waals surface area contributed by atoms with Crippen molar-refractivity contribution in [3.8, 4) is 0 Å². The summed E-state index contributed by atoms with van der Waals surface area (Å²) < 4.78 is 12.7. The number of nitrogens with one attached hydrogen (secondary N) is 3. The largest absolute Gasteiger partial charge is 0.448 e. The Labute approximate surface area is 483 Å². The molecule has 2 aliphatic heterocycles. The number of oxime groups is 1. The van der Waals surface area contributed by atoms with Gasteiger partial charge in [0, 0.05) is 17.7 Å². The van der Waals surface area contributed by atoms with Crippen molar-refractivity contribution in [2.24, 2.45) is 10.9 Å². The zero-order valence-corrected chi connectivity index (χ0v) is 47.2. The lowest BCUT2D eigenvalue weighted by molar-refractivity contribution is -0.154. The number of nitrogens with zero attached hydrogens (tertiary/aromatic N) is 6. The highest BCUT2D eigenvalue weighted by atomic mass is 32.2. The Morgan fingerprint density at radius 1 is 0.854 bits per heavy atom. The molecule has 0 radical (unpaired) electrons. The summed E-state index contributed by atoms with van der Waals surface area (Å²) in [6, 6.07) is 46.9. The fourth-order valence-electron chi connectivity index (χ4n) is 9.22. The second kappa shape index (κ2) is 25.7. The molecule has 2 aromatic heterocycles. The molecule has 2 unspecified atom stereocenters. The van der Waals surface area contributed by atoms with Crippen molar-refractivity contribution in [3.63, 3.8) is 0 Å². The van der Waals surface area contributed by atoms with Crippen LogP contribution in [0, 0.1) is 0 Å². The molecule has 9 rings (SSSR count). The smallest absolute Gasteiger partial charge is 0.417 e. The number of carbonyl (C=O) groups is 5. The SMILES string of the molecule is CON=C(C(=O)NC1C(=O)N2C(C(=O)OC(c3ccccc3)c3ccccc3)=C(C=CSc3n[nH]c(=O)c(=O)n3CCN(C(=O)CN)C(=O)OC(C)(C)C)CSC12)c1csc(NC(c2ccccc2)(c2ccccc2)c2ccccc2)n1. The Kier molecular flexibility index (Phi) is 18.1. The number of benzene rings is 5. The molecule has 2 atom stereocenters. The van der Waals surface area contributed by atoms with E-state index in [1.807, 2.05) is 152 Å². The van der Waals surface area contributed by atoms with E-state index in [1.165, 1.54) is 40.5 Å². The van der Waals surface area contributed by atoms with E-state index in [-0.39, 0.29) is 34.6 Å². The molecule has 1 saturated heterocycles. The van der Waals surface area contributed by atoms with Crippen molar-refractivity contribution in [2.45, 2.75) is 61.1 Å². The van der Waals surface area contributed by atoms with Crippen LogP contribution in [-0.4, -0.2) is 108 Å². The molecule has 0 saturated carbocycles. The Morgan fingerprint density at radius 2 is 1.41 bits per heavy atom.